The maximum atomic E-state index is 12.3. The average molecular weight is 431 g/mol. The summed E-state index contributed by atoms with van der Waals surface area (Å²) in [6.45, 7) is 5.42. The van der Waals surface area contributed by atoms with Gasteiger partial charge in [-0.1, -0.05) is 29.3 Å². The number of hydrogen-bond donors (Lipinski definition) is 1. The Kier molecular flexibility index (Phi) is 7.55. The van der Waals surface area contributed by atoms with Crippen molar-refractivity contribution in [1.29, 1.82) is 0 Å². The number of hydrogen-bond acceptors (Lipinski definition) is 5. The highest BCUT2D eigenvalue weighted by atomic mass is 35.5. The largest absolute Gasteiger partial charge is 0.454 e. The van der Waals surface area contributed by atoms with E-state index in [0.29, 0.717) is 35.0 Å². The highest BCUT2D eigenvalue weighted by Gasteiger charge is 2.37. The number of nitrogens with zero attached hydrogens (tertiary/aromatic N) is 1. The molecule has 28 heavy (non-hydrogen) atoms. The van der Waals surface area contributed by atoms with Gasteiger partial charge in [0, 0.05) is 23.1 Å². The Morgan fingerprint density at radius 3 is 2.61 bits per heavy atom. The van der Waals surface area contributed by atoms with Crippen molar-refractivity contribution in [3.63, 3.8) is 0 Å². The number of ether oxygens (including phenoxy) is 2. The van der Waals surface area contributed by atoms with Crippen molar-refractivity contribution in [3.8, 4) is 0 Å². The van der Waals surface area contributed by atoms with Crippen LogP contribution in [0.2, 0.25) is 10.0 Å². The van der Waals surface area contributed by atoms with Crippen LogP contribution in [0.25, 0.3) is 0 Å². The summed E-state index contributed by atoms with van der Waals surface area (Å²) in [5, 5.41) is 3.56. The summed E-state index contributed by atoms with van der Waals surface area (Å²) in [5.74, 6) is -1.09. The highest BCUT2D eigenvalue weighted by Crippen LogP contribution is 2.22. The van der Waals surface area contributed by atoms with E-state index in [2.05, 4.69) is 5.32 Å². The van der Waals surface area contributed by atoms with Crippen LogP contribution in [0.5, 0.6) is 0 Å². The van der Waals surface area contributed by atoms with Crippen molar-refractivity contribution in [2.75, 3.05) is 13.2 Å². The standard InChI is InChI=1S/C19H24Cl2N2O5/c1-19(2,3)28-18(26)23-8-4-5-15(23)17(25)27-11-16(24)22-10-12-6-7-13(20)9-14(12)21/h6-7,9,15H,4-5,8,10-11H2,1-3H3,(H,22,24). The number of esters is 1. The van der Waals surface area contributed by atoms with Gasteiger partial charge in [-0.2, -0.15) is 0 Å². The Morgan fingerprint density at radius 2 is 1.96 bits per heavy atom. The zero-order valence-electron chi connectivity index (χ0n) is 16.1. The van der Waals surface area contributed by atoms with Crippen LogP contribution in [0.1, 0.15) is 39.2 Å². The number of benzene rings is 1. The highest BCUT2D eigenvalue weighted by molar-refractivity contribution is 6.35. The molecule has 1 aromatic rings. The van der Waals surface area contributed by atoms with Crippen molar-refractivity contribution in [3.05, 3.63) is 33.8 Å². The van der Waals surface area contributed by atoms with E-state index in [1.54, 1.807) is 39.0 Å². The van der Waals surface area contributed by atoms with Gasteiger partial charge >= 0.3 is 12.1 Å². The Bertz CT molecular complexity index is 748. The Labute approximate surface area is 174 Å². The molecule has 0 radical (unpaired) electrons. The van der Waals surface area contributed by atoms with Crippen LogP contribution < -0.4 is 5.32 Å². The van der Waals surface area contributed by atoms with Crippen LogP contribution in [-0.4, -0.2) is 47.7 Å². The third-order valence-corrected chi connectivity index (χ3v) is 4.58. The van der Waals surface area contributed by atoms with Gasteiger partial charge in [-0.05, 0) is 51.3 Å². The van der Waals surface area contributed by atoms with E-state index in [0.717, 1.165) is 0 Å². The van der Waals surface area contributed by atoms with E-state index >= 15 is 0 Å². The zero-order valence-corrected chi connectivity index (χ0v) is 17.6. The molecule has 1 N–H and O–H groups in total. The van der Waals surface area contributed by atoms with Crippen LogP contribution in [0.15, 0.2) is 18.2 Å². The molecular formula is C19H24Cl2N2O5. The maximum Gasteiger partial charge on any atom is 0.411 e. The number of amides is 2. The first-order chi connectivity index (χ1) is 13.1. The second-order valence-corrected chi connectivity index (χ2v) is 8.30. The van der Waals surface area contributed by atoms with Crippen molar-refractivity contribution in [2.24, 2.45) is 0 Å². The molecule has 2 rings (SSSR count). The molecule has 1 aliphatic heterocycles. The molecule has 1 aromatic carbocycles. The number of likely N-dealkylation sites (tertiary alicyclic amines) is 1. The second kappa shape index (κ2) is 9.47. The van der Waals surface area contributed by atoms with Gasteiger partial charge in [-0.15, -0.1) is 0 Å². The minimum absolute atomic E-state index is 0.180. The lowest BCUT2D eigenvalue weighted by atomic mass is 10.2. The molecule has 0 aromatic heterocycles. The number of carbonyl (C=O) groups is 3. The van der Waals surface area contributed by atoms with Gasteiger partial charge < -0.3 is 14.8 Å². The number of rotatable bonds is 5. The number of halogens is 2. The molecule has 7 nitrogen and oxygen atoms in total. The SMILES string of the molecule is CC(C)(C)OC(=O)N1CCCC1C(=O)OCC(=O)NCc1ccc(Cl)cc1Cl. The first-order valence-corrected chi connectivity index (χ1v) is 9.69. The Hall–Kier alpha value is -1.99. The van der Waals surface area contributed by atoms with Crippen LogP contribution in [-0.2, 0) is 25.6 Å². The van der Waals surface area contributed by atoms with Gasteiger partial charge in [0.2, 0.25) is 0 Å². The molecule has 1 aliphatic rings. The third-order valence-electron chi connectivity index (χ3n) is 3.99. The Morgan fingerprint density at radius 1 is 1.25 bits per heavy atom. The van der Waals surface area contributed by atoms with Crippen LogP contribution in [0, 0.1) is 0 Å². The fraction of sp³-hybridized carbons (Fsp3) is 0.526. The van der Waals surface area contributed by atoms with E-state index < -0.39 is 36.2 Å². The predicted molar refractivity (Wildman–Crippen MR) is 105 cm³/mol. The van der Waals surface area contributed by atoms with E-state index in [1.165, 1.54) is 4.90 Å². The molecule has 0 spiro atoms. The van der Waals surface area contributed by atoms with Crippen molar-refractivity contribution in [1.82, 2.24) is 10.2 Å². The first-order valence-electron chi connectivity index (χ1n) is 8.94. The van der Waals surface area contributed by atoms with Gasteiger partial charge in [-0.25, -0.2) is 9.59 Å². The molecule has 154 valence electrons. The number of nitrogens with one attached hydrogen (secondary N) is 1. The smallest absolute Gasteiger partial charge is 0.411 e. The van der Waals surface area contributed by atoms with E-state index in [-0.39, 0.29) is 6.54 Å². The second-order valence-electron chi connectivity index (χ2n) is 7.45. The lowest BCUT2D eigenvalue weighted by Gasteiger charge is -2.27. The van der Waals surface area contributed by atoms with Crippen molar-refractivity contribution in [2.45, 2.75) is 51.8 Å². The van der Waals surface area contributed by atoms with Gasteiger partial charge in [0.25, 0.3) is 5.91 Å². The molecule has 0 aliphatic carbocycles. The minimum Gasteiger partial charge on any atom is -0.454 e. The van der Waals surface area contributed by atoms with Crippen molar-refractivity contribution >= 4 is 41.2 Å². The van der Waals surface area contributed by atoms with Crippen LogP contribution >= 0.6 is 23.2 Å². The Balaban J connectivity index is 1.81. The van der Waals surface area contributed by atoms with Crippen LogP contribution in [0.4, 0.5) is 4.79 Å². The summed E-state index contributed by atoms with van der Waals surface area (Å²) in [6.07, 6.45) is 0.578. The van der Waals surface area contributed by atoms with E-state index in [1.807, 2.05) is 0 Å². The quantitative estimate of drug-likeness (QED) is 0.721. The molecular weight excluding hydrogens is 407 g/mol. The molecule has 9 heteroatoms. The molecule has 1 atom stereocenters. The monoisotopic (exact) mass is 430 g/mol. The van der Waals surface area contributed by atoms with E-state index in [4.69, 9.17) is 32.7 Å². The summed E-state index contributed by atoms with van der Waals surface area (Å²) in [4.78, 5) is 37.8. The summed E-state index contributed by atoms with van der Waals surface area (Å²) < 4.78 is 10.4. The lowest BCUT2D eigenvalue weighted by Crippen LogP contribution is -2.44. The molecule has 2 amide bonds. The maximum absolute atomic E-state index is 12.3. The normalized spacial score (nSPS) is 16.6. The fourth-order valence-corrected chi connectivity index (χ4v) is 3.17. The topological polar surface area (TPSA) is 84.9 Å². The summed E-state index contributed by atoms with van der Waals surface area (Å²) in [7, 11) is 0. The summed E-state index contributed by atoms with van der Waals surface area (Å²) in [5.41, 5.74) is 0.0365. The number of carbonyl (C=O) groups excluding carboxylic acids is 3. The minimum atomic E-state index is -0.742. The molecule has 1 saturated heterocycles. The first kappa shape index (κ1) is 22.3. The predicted octanol–water partition coefficient (Wildman–Crippen LogP) is 3.55. The zero-order chi connectivity index (χ0) is 20.9. The molecule has 0 bridgehead atoms. The lowest BCUT2D eigenvalue weighted by molar-refractivity contribution is -0.152. The summed E-state index contributed by atoms with van der Waals surface area (Å²) >= 11 is 11.9. The van der Waals surface area contributed by atoms with Gasteiger partial charge in [0.1, 0.15) is 11.6 Å². The van der Waals surface area contributed by atoms with Crippen LogP contribution in [0.3, 0.4) is 0 Å². The van der Waals surface area contributed by atoms with E-state index in [9.17, 15) is 14.4 Å². The fourth-order valence-electron chi connectivity index (χ4n) is 2.69. The van der Waals surface area contributed by atoms with Gasteiger partial charge in [0.15, 0.2) is 6.61 Å². The van der Waals surface area contributed by atoms with Gasteiger partial charge in [-0.3, -0.25) is 9.69 Å². The average Bonchev–Trinajstić information content (AvgIpc) is 3.07. The summed E-state index contributed by atoms with van der Waals surface area (Å²) in [6, 6.07) is 4.21. The van der Waals surface area contributed by atoms with Gasteiger partial charge in [0.05, 0.1) is 0 Å². The molecule has 1 heterocycles. The third kappa shape index (κ3) is 6.56. The molecule has 0 saturated carbocycles. The van der Waals surface area contributed by atoms with Crippen molar-refractivity contribution < 1.29 is 23.9 Å². The molecule has 1 fully saturated rings. The molecule has 1 unspecified atom stereocenters.